The van der Waals surface area contributed by atoms with Gasteiger partial charge in [0.25, 0.3) is 0 Å². The summed E-state index contributed by atoms with van der Waals surface area (Å²) >= 11 is 0. The Bertz CT molecular complexity index is 960. The highest BCUT2D eigenvalue weighted by atomic mass is 19.4. The molecular weight excluding hydrogens is 432 g/mol. The summed E-state index contributed by atoms with van der Waals surface area (Å²) in [4.78, 5) is 28.7. The van der Waals surface area contributed by atoms with Crippen LogP contribution in [0.25, 0.3) is 0 Å². The van der Waals surface area contributed by atoms with Crippen LogP contribution in [0.15, 0.2) is 42.6 Å². The summed E-state index contributed by atoms with van der Waals surface area (Å²) in [7, 11) is 0. The Hall–Kier alpha value is -3.31. The zero-order valence-corrected chi connectivity index (χ0v) is 15.6. The van der Waals surface area contributed by atoms with E-state index in [4.69, 9.17) is 0 Å². The minimum absolute atomic E-state index is 0.0467. The van der Waals surface area contributed by atoms with E-state index in [0.717, 1.165) is 35.4 Å². The zero-order chi connectivity index (χ0) is 22.8. The maximum atomic E-state index is 13.5. The van der Waals surface area contributed by atoms with E-state index in [9.17, 15) is 35.9 Å². The molecule has 2 amide bonds. The summed E-state index contributed by atoms with van der Waals surface area (Å²) in [6, 6.07) is 3.62. The molecular formula is C19H15F6N3O3. The van der Waals surface area contributed by atoms with Gasteiger partial charge in [0.05, 0.1) is 29.4 Å². The van der Waals surface area contributed by atoms with Crippen molar-refractivity contribution in [1.82, 2.24) is 15.2 Å². The van der Waals surface area contributed by atoms with Crippen LogP contribution in [0.5, 0.6) is 0 Å². The van der Waals surface area contributed by atoms with E-state index >= 15 is 0 Å². The Kier molecular flexibility index (Phi) is 6.09. The molecule has 0 bridgehead atoms. The number of nitrogens with zero attached hydrogens (tertiary/aromatic N) is 2. The highest BCUT2D eigenvalue weighted by molar-refractivity contribution is 5.83. The number of halogens is 6. The third-order valence-electron chi connectivity index (χ3n) is 4.47. The molecule has 0 spiro atoms. The van der Waals surface area contributed by atoms with Crippen molar-refractivity contribution in [3.8, 4) is 0 Å². The Morgan fingerprint density at radius 3 is 2.32 bits per heavy atom. The Morgan fingerprint density at radius 1 is 1.10 bits per heavy atom. The van der Waals surface area contributed by atoms with Crippen LogP contribution in [0.3, 0.4) is 0 Å². The molecule has 1 aromatic heterocycles. The molecule has 31 heavy (non-hydrogen) atoms. The van der Waals surface area contributed by atoms with Gasteiger partial charge in [-0.3, -0.25) is 14.7 Å². The summed E-state index contributed by atoms with van der Waals surface area (Å²) in [5, 5.41) is 2.34. The average molecular weight is 447 g/mol. The van der Waals surface area contributed by atoms with Crippen LogP contribution in [0.4, 0.5) is 31.1 Å². The minimum atomic E-state index is -4.82. The van der Waals surface area contributed by atoms with Crippen LogP contribution in [-0.2, 0) is 21.9 Å². The molecule has 12 heteroatoms. The summed E-state index contributed by atoms with van der Waals surface area (Å²) in [5.41, 5.74) is -2.79. The summed E-state index contributed by atoms with van der Waals surface area (Å²) in [6.45, 7) is -0.314. The van der Waals surface area contributed by atoms with E-state index in [1.54, 1.807) is 0 Å². The molecule has 1 aliphatic heterocycles. The summed E-state index contributed by atoms with van der Waals surface area (Å²) in [5.74, 6) is -0.831. The van der Waals surface area contributed by atoms with E-state index in [0.29, 0.717) is 12.1 Å². The van der Waals surface area contributed by atoms with Crippen molar-refractivity contribution in [1.29, 1.82) is 0 Å². The molecule has 2 aromatic rings. The van der Waals surface area contributed by atoms with Gasteiger partial charge in [0.15, 0.2) is 0 Å². The van der Waals surface area contributed by atoms with Gasteiger partial charge in [0, 0.05) is 6.20 Å². The van der Waals surface area contributed by atoms with Crippen LogP contribution in [-0.4, -0.2) is 41.6 Å². The second-order valence-corrected chi connectivity index (χ2v) is 6.59. The smallest absolute Gasteiger partial charge is 0.418 e. The number of cyclic esters (lactones) is 1. The first-order valence-electron chi connectivity index (χ1n) is 8.87. The fourth-order valence-corrected chi connectivity index (χ4v) is 3.01. The Balaban J connectivity index is 1.97. The maximum Gasteiger partial charge on any atom is 0.418 e. The van der Waals surface area contributed by atoms with Crippen molar-refractivity contribution in [2.75, 3.05) is 19.7 Å². The number of aromatic nitrogens is 1. The number of amides is 2. The van der Waals surface area contributed by atoms with Crippen molar-refractivity contribution in [2.24, 2.45) is 0 Å². The average Bonchev–Trinajstić information content (AvgIpc) is 3.09. The lowest BCUT2D eigenvalue weighted by molar-refractivity contribution is -0.139. The van der Waals surface area contributed by atoms with Gasteiger partial charge < -0.3 is 10.1 Å². The fourth-order valence-electron chi connectivity index (χ4n) is 3.01. The van der Waals surface area contributed by atoms with Crippen LogP contribution in [0.2, 0.25) is 0 Å². The predicted molar refractivity (Wildman–Crippen MR) is 93.6 cm³/mol. The lowest BCUT2D eigenvalue weighted by Gasteiger charge is -2.23. The largest absolute Gasteiger partial charge is 0.448 e. The lowest BCUT2D eigenvalue weighted by atomic mass is 9.97. The highest BCUT2D eigenvalue weighted by Crippen LogP contribution is 2.36. The highest BCUT2D eigenvalue weighted by Gasteiger charge is 2.37. The molecule has 0 saturated carbocycles. The normalized spacial score (nSPS) is 15.5. The van der Waals surface area contributed by atoms with Crippen molar-refractivity contribution in [3.05, 3.63) is 65.0 Å². The number of hydrogen-bond acceptors (Lipinski definition) is 4. The number of hydrogen-bond donors (Lipinski definition) is 1. The minimum Gasteiger partial charge on any atom is -0.448 e. The number of benzene rings is 1. The third-order valence-corrected chi connectivity index (χ3v) is 4.47. The SMILES string of the molecule is O=C(CN1CCOC1=O)N[C@@H](c1ccc(C(F)(F)F)cc1)c1ncccc1C(F)(F)F. The molecule has 1 aliphatic rings. The predicted octanol–water partition coefficient (Wildman–Crippen LogP) is 3.78. The second-order valence-electron chi connectivity index (χ2n) is 6.59. The first kappa shape index (κ1) is 22.4. The molecule has 0 radical (unpaired) electrons. The molecule has 166 valence electrons. The van der Waals surface area contributed by atoms with Crippen LogP contribution >= 0.6 is 0 Å². The van der Waals surface area contributed by atoms with Gasteiger partial charge in [-0.05, 0) is 29.8 Å². The second kappa shape index (κ2) is 8.44. The van der Waals surface area contributed by atoms with Crippen LogP contribution in [0, 0.1) is 0 Å². The van der Waals surface area contributed by atoms with E-state index in [-0.39, 0.29) is 18.7 Å². The van der Waals surface area contributed by atoms with Gasteiger partial charge in [-0.25, -0.2) is 4.79 Å². The molecule has 1 fully saturated rings. The summed E-state index contributed by atoms with van der Waals surface area (Å²) < 4.78 is 83.7. The molecule has 1 saturated heterocycles. The maximum absolute atomic E-state index is 13.5. The van der Waals surface area contributed by atoms with Gasteiger partial charge in [-0.2, -0.15) is 26.3 Å². The summed E-state index contributed by atoms with van der Waals surface area (Å²) in [6.07, 6.45) is -9.15. The number of carbonyl (C=O) groups is 2. The molecule has 0 unspecified atom stereocenters. The van der Waals surface area contributed by atoms with E-state index in [1.807, 2.05) is 0 Å². The van der Waals surface area contributed by atoms with Gasteiger partial charge in [0.2, 0.25) is 5.91 Å². The first-order chi connectivity index (χ1) is 14.5. The topological polar surface area (TPSA) is 71.5 Å². The van der Waals surface area contributed by atoms with Crippen molar-refractivity contribution < 1.29 is 40.7 Å². The number of ether oxygens (including phenoxy) is 1. The Labute approximate surface area is 171 Å². The third kappa shape index (κ3) is 5.25. The van der Waals surface area contributed by atoms with Crippen molar-refractivity contribution in [2.45, 2.75) is 18.4 Å². The van der Waals surface area contributed by atoms with Gasteiger partial charge >= 0.3 is 18.4 Å². The standard InChI is InChI=1S/C19H15F6N3O3/c20-18(21,22)12-5-3-11(4-6-12)15(16-13(19(23,24)25)2-1-7-26-16)27-14(29)10-28-8-9-31-17(28)30/h1-7,15H,8-10H2,(H,27,29)/t15-/m0/s1. The number of carbonyl (C=O) groups excluding carboxylic acids is 2. The van der Waals surface area contributed by atoms with Gasteiger partial charge in [0.1, 0.15) is 13.2 Å². The number of nitrogens with one attached hydrogen (secondary N) is 1. The van der Waals surface area contributed by atoms with Crippen molar-refractivity contribution in [3.63, 3.8) is 0 Å². The first-order valence-corrected chi connectivity index (χ1v) is 8.87. The molecule has 3 rings (SSSR count). The fraction of sp³-hybridized carbons (Fsp3) is 0.316. The van der Waals surface area contributed by atoms with E-state index < -0.39 is 53.8 Å². The van der Waals surface area contributed by atoms with Crippen molar-refractivity contribution >= 4 is 12.0 Å². The molecule has 1 atom stereocenters. The van der Waals surface area contributed by atoms with Gasteiger partial charge in [-0.1, -0.05) is 12.1 Å². The van der Waals surface area contributed by atoms with Crippen LogP contribution in [0.1, 0.15) is 28.4 Å². The number of pyridine rings is 1. The molecule has 2 heterocycles. The van der Waals surface area contributed by atoms with Crippen LogP contribution < -0.4 is 5.32 Å². The van der Waals surface area contributed by atoms with E-state index in [1.165, 1.54) is 0 Å². The monoisotopic (exact) mass is 447 g/mol. The number of rotatable bonds is 5. The molecule has 0 aliphatic carbocycles. The molecule has 6 nitrogen and oxygen atoms in total. The molecule has 1 N–H and O–H groups in total. The number of alkyl halides is 6. The van der Waals surface area contributed by atoms with Gasteiger partial charge in [-0.15, -0.1) is 0 Å². The lowest BCUT2D eigenvalue weighted by Crippen LogP contribution is -2.40. The van der Waals surface area contributed by atoms with E-state index in [2.05, 4.69) is 15.0 Å². The molecule has 1 aromatic carbocycles. The zero-order valence-electron chi connectivity index (χ0n) is 15.6. The Morgan fingerprint density at radius 2 is 1.77 bits per heavy atom. The quantitative estimate of drug-likeness (QED) is 0.709.